The highest BCUT2D eigenvalue weighted by molar-refractivity contribution is 7.89. The summed E-state index contributed by atoms with van der Waals surface area (Å²) in [5.74, 6) is -0.802. The maximum Gasteiger partial charge on any atom is 0.338 e. The van der Waals surface area contributed by atoms with Crippen molar-refractivity contribution < 1.29 is 27.5 Å². The topological polar surface area (TPSA) is 111 Å². The summed E-state index contributed by atoms with van der Waals surface area (Å²) in [6, 6.07) is 19.1. The van der Waals surface area contributed by atoms with E-state index in [9.17, 15) is 18.0 Å². The average Bonchev–Trinajstić information content (AvgIpc) is 2.89. The number of carbonyl (C=O) groups is 2. The van der Waals surface area contributed by atoms with Crippen LogP contribution in [0.2, 0.25) is 0 Å². The quantitative estimate of drug-likeness (QED) is 0.267. The number of amides is 1. The third kappa shape index (κ3) is 7.90. The fourth-order valence-electron chi connectivity index (χ4n) is 3.59. The Kier molecular flexibility index (Phi) is 9.82. The molecule has 0 heterocycles. The van der Waals surface area contributed by atoms with Crippen molar-refractivity contribution in [3.05, 3.63) is 89.5 Å². The van der Waals surface area contributed by atoms with Gasteiger partial charge < -0.3 is 14.8 Å². The number of rotatable bonds is 12. The number of carbonyl (C=O) groups excluding carboxylic acids is 2. The van der Waals surface area contributed by atoms with Gasteiger partial charge in [0.25, 0.3) is 0 Å². The number of aryl methyl sites for hydroxylation is 1. The van der Waals surface area contributed by atoms with Crippen molar-refractivity contribution in [2.24, 2.45) is 0 Å². The van der Waals surface area contributed by atoms with Crippen LogP contribution in [0, 0.1) is 6.92 Å². The van der Waals surface area contributed by atoms with E-state index in [0.717, 1.165) is 24.0 Å². The van der Waals surface area contributed by atoms with Crippen LogP contribution in [-0.2, 0) is 26.0 Å². The van der Waals surface area contributed by atoms with Gasteiger partial charge in [-0.1, -0.05) is 49.7 Å². The van der Waals surface area contributed by atoms with E-state index in [1.807, 2.05) is 37.3 Å². The molecule has 1 amide bonds. The summed E-state index contributed by atoms with van der Waals surface area (Å²) in [6.45, 7) is 4.13. The highest BCUT2D eigenvalue weighted by atomic mass is 32.2. The molecule has 37 heavy (non-hydrogen) atoms. The minimum atomic E-state index is -4.11. The molecular weight excluding hydrogens is 492 g/mol. The number of unbranched alkanes of at least 4 members (excludes halogenated alkanes) is 1. The minimum Gasteiger partial charge on any atom is -0.495 e. The fraction of sp³-hybridized carbons (Fsp3) is 0.286. The molecule has 2 N–H and O–H groups in total. The Morgan fingerprint density at radius 1 is 0.973 bits per heavy atom. The zero-order valence-electron chi connectivity index (χ0n) is 21.2. The lowest BCUT2D eigenvalue weighted by Crippen LogP contribution is -2.45. The van der Waals surface area contributed by atoms with Crippen LogP contribution in [0.5, 0.6) is 5.75 Å². The van der Waals surface area contributed by atoms with Crippen molar-refractivity contribution in [3.63, 3.8) is 0 Å². The average molecular weight is 525 g/mol. The van der Waals surface area contributed by atoms with Gasteiger partial charge in [-0.25, -0.2) is 13.2 Å². The van der Waals surface area contributed by atoms with Crippen molar-refractivity contribution in [3.8, 4) is 5.75 Å². The summed E-state index contributed by atoms with van der Waals surface area (Å²) in [5.41, 5.74) is 2.30. The third-order valence-corrected chi connectivity index (χ3v) is 7.12. The second-order valence-electron chi connectivity index (χ2n) is 8.57. The van der Waals surface area contributed by atoms with Gasteiger partial charge in [0.15, 0.2) is 0 Å². The smallest absolute Gasteiger partial charge is 0.338 e. The summed E-state index contributed by atoms with van der Waals surface area (Å²) in [4.78, 5) is 25.4. The first-order chi connectivity index (χ1) is 17.7. The van der Waals surface area contributed by atoms with E-state index in [0.29, 0.717) is 17.9 Å². The van der Waals surface area contributed by atoms with E-state index < -0.39 is 27.9 Å². The highest BCUT2D eigenvalue weighted by Gasteiger charge is 2.28. The number of benzene rings is 3. The molecule has 0 bridgehead atoms. The van der Waals surface area contributed by atoms with E-state index in [1.165, 1.54) is 13.2 Å². The monoisotopic (exact) mass is 524 g/mol. The molecule has 0 aromatic heterocycles. The number of hydrogen-bond donors (Lipinski definition) is 2. The standard InChI is InChI=1S/C28H32N2O6S/c1-4-5-17-36-28(32)22-12-14-23(15-13-22)29-27(31)24(19-21-9-7-6-8-10-21)30-37(33,34)26-18-20(2)11-16-25(26)35-3/h6-16,18,24,30H,4-5,17,19H2,1-3H3,(H,29,31)/t24-/m1/s1. The lowest BCUT2D eigenvalue weighted by atomic mass is 10.1. The van der Waals surface area contributed by atoms with Crippen molar-refractivity contribution in [1.82, 2.24) is 4.72 Å². The highest BCUT2D eigenvalue weighted by Crippen LogP contribution is 2.25. The summed E-state index contributed by atoms with van der Waals surface area (Å²) in [5, 5.41) is 2.75. The number of ether oxygens (including phenoxy) is 2. The lowest BCUT2D eigenvalue weighted by Gasteiger charge is -2.20. The Morgan fingerprint density at radius 3 is 2.32 bits per heavy atom. The second-order valence-corrected chi connectivity index (χ2v) is 10.3. The SMILES string of the molecule is CCCCOC(=O)c1ccc(NC(=O)[C@@H](Cc2ccccc2)NS(=O)(=O)c2cc(C)ccc2OC)cc1. The van der Waals surface area contributed by atoms with Crippen LogP contribution < -0.4 is 14.8 Å². The first-order valence-corrected chi connectivity index (χ1v) is 13.5. The maximum absolute atomic E-state index is 13.3. The molecule has 0 fully saturated rings. The molecular formula is C28H32N2O6S. The van der Waals surface area contributed by atoms with Crippen LogP contribution in [-0.4, -0.2) is 40.1 Å². The number of hydrogen-bond acceptors (Lipinski definition) is 6. The number of anilines is 1. The molecule has 0 aliphatic heterocycles. The molecule has 9 heteroatoms. The van der Waals surface area contributed by atoms with Gasteiger partial charge in [0, 0.05) is 5.69 Å². The van der Waals surface area contributed by atoms with Gasteiger partial charge in [0.2, 0.25) is 15.9 Å². The predicted octanol–water partition coefficient (Wildman–Crippen LogP) is 4.49. The molecule has 0 radical (unpaired) electrons. The van der Waals surface area contributed by atoms with Gasteiger partial charge >= 0.3 is 5.97 Å². The molecule has 0 saturated carbocycles. The second kappa shape index (κ2) is 13.0. The van der Waals surface area contributed by atoms with E-state index in [4.69, 9.17) is 9.47 Å². The summed E-state index contributed by atoms with van der Waals surface area (Å²) in [7, 11) is -2.72. The molecule has 0 unspecified atom stereocenters. The summed E-state index contributed by atoms with van der Waals surface area (Å²) >= 11 is 0. The Bertz CT molecular complexity index is 1310. The van der Waals surface area contributed by atoms with Crippen molar-refractivity contribution in [2.75, 3.05) is 19.0 Å². The molecule has 8 nitrogen and oxygen atoms in total. The number of esters is 1. The van der Waals surface area contributed by atoms with Gasteiger partial charge in [-0.3, -0.25) is 4.79 Å². The molecule has 0 aliphatic rings. The van der Waals surface area contributed by atoms with Gasteiger partial charge in [0.1, 0.15) is 16.7 Å². The van der Waals surface area contributed by atoms with Crippen LogP contribution in [0.3, 0.4) is 0 Å². The molecule has 3 aromatic carbocycles. The summed E-state index contributed by atoms with van der Waals surface area (Å²) in [6.07, 6.45) is 1.83. The number of sulfonamides is 1. The number of nitrogens with one attached hydrogen (secondary N) is 2. The maximum atomic E-state index is 13.3. The Hall–Kier alpha value is -3.69. The predicted molar refractivity (Wildman–Crippen MR) is 142 cm³/mol. The first-order valence-electron chi connectivity index (χ1n) is 12.0. The minimum absolute atomic E-state index is 0.0493. The lowest BCUT2D eigenvalue weighted by molar-refractivity contribution is -0.117. The molecule has 0 saturated heterocycles. The number of methoxy groups -OCH3 is 1. The Labute approximate surface area is 218 Å². The van der Waals surface area contributed by atoms with Crippen LogP contribution in [0.1, 0.15) is 41.3 Å². The molecule has 0 spiro atoms. The molecule has 196 valence electrons. The van der Waals surface area contributed by atoms with Crippen LogP contribution in [0.4, 0.5) is 5.69 Å². The third-order valence-electron chi connectivity index (χ3n) is 5.62. The van der Waals surface area contributed by atoms with Gasteiger partial charge in [0.05, 0.1) is 19.3 Å². The van der Waals surface area contributed by atoms with Gasteiger partial charge in [-0.05, 0) is 67.3 Å². The first kappa shape index (κ1) is 27.9. The van der Waals surface area contributed by atoms with E-state index >= 15 is 0 Å². The Morgan fingerprint density at radius 2 is 1.68 bits per heavy atom. The normalized spacial score (nSPS) is 12.0. The van der Waals surface area contributed by atoms with Gasteiger partial charge in [-0.15, -0.1) is 0 Å². The Balaban J connectivity index is 1.81. The molecule has 1 atom stereocenters. The van der Waals surface area contributed by atoms with E-state index in [2.05, 4.69) is 10.0 Å². The van der Waals surface area contributed by atoms with E-state index in [1.54, 1.807) is 43.3 Å². The zero-order chi connectivity index (χ0) is 26.8. The van der Waals surface area contributed by atoms with Crippen LogP contribution in [0.25, 0.3) is 0 Å². The largest absolute Gasteiger partial charge is 0.495 e. The van der Waals surface area contributed by atoms with Crippen LogP contribution in [0.15, 0.2) is 77.7 Å². The molecule has 3 rings (SSSR count). The van der Waals surface area contributed by atoms with Crippen molar-refractivity contribution >= 4 is 27.6 Å². The van der Waals surface area contributed by atoms with Crippen LogP contribution >= 0.6 is 0 Å². The van der Waals surface area contributed by atoms with Crippen molar-refractivity contribution in [2.45, 2.75) is 44.0 Å². The molecule has 0 aliphatic carbocycles. The van der Waals surface area contributed by atoms with Gasteiger partial charge in [-0.2, -0.15) is 4.72 Å². The fourth-order valence-corrected chi connectivity index (χ4v) is 5.04. The summed E-state index contributed by atoms with van der Waals surface area (Å²) < 4.78 is 39.6. The van der Waals surface area contributed by atoms with E-state index in [-0.39, 0.29) is 17.1 Å². The van der Waals surface area contributed by atoms with Crippen molar-refractivity contribution in [1.29, 1.82) is 0 Å². The zero-order valence-corrected chi connectivity index (χ0v) is 22.0. The molecule has 3 aromatic rings.